The first-order valence-corrected chi connectivity index (χ1v) is 11.3. The van der Waals surface area contributed by atoms with Crippen LogP contribution in [0.15, 0.2) is 48.5 Å². The molecule has 0 spiro atoms. The molecule has 0 aliphatic heterocycles. The van der Waals surface area contributed by atoms with Crippen LogP contribution in [0.25, 0.3) is 0 Å². The molecule has 0 heterocycles. The number of para-hydroxylation sites is 1. The summed E-state index contributed by atoms with van der Waals surface area (Å²) in [4.78, 5) is 25.4. The maximum atomic E-state index is 13.6. The normalized spacial score (nSPS) is 13.2. The number of nitrogens with zero attached hydrogens (tertiary/aromatic N) is 1. The summed E-state index contributed by atoms with van der Waals surface area (Å²) in [5.41, 5.74) is 0.542. The average molecular weight is 436 g/mol. The fraction of sp³-hybridized carbons (Fsp3) is 0.333. The lowest BCUT2D eigenvalue weighted by molar-refractivity contribution is -0.116. The number of rotatable bonds is 8. The quantitative estimate of drug-likeness (QED) is 0.666. The van der Waals surface area contributed by atoms with E-state index >= 15 is 0 Å². The van der Waals surface area contributed by atoms with Crippen LogP contribution in [0.2, 0.25) is 0 Å². The van der Waals surface area contributed by atoms with Crippen molar-refractivity contribution in [2.45, 2.75) is 39.3 Å². The van der Waals surface area contributed by atoms with E-state index in [0.717, 1.165) is 23.0 Å². The van der Waals surface area contributed by atoms with Crippen molar-refractivity contribution in [2.75, 3.05) is 15.9 Å². The second-order valence-electron chi connectivity index (χ2n) is 7.03. The molecule has 2 aromatic rings. The molecule has 0 unspecified atom stereocenters. The highest BCUT2D eigenvalue weighted by Gasteiger charge is 2.30. The van der Waals surface area contributed by atoms with E-state index in [-0.39, 0.29) is 28.9 Å². The highest BCUT2D eigenvalue weighted by atomic mass is 32.2. The molecule has 2 N–H and O–H groups in total. The van der Waals surface area contributed by atoms with Crippen LogP contribution in [0.3, 0.4) is 0 Å². The summed E-state index contributed by atoms with van der Waals surface area (Å²) < 4.78 is 39.1. The van der Waals surface area contributed by atoms with E-state index < -0.39 is 27.8 Å². The smallest absolute Gasteiger partial charge is 0.253 e. The van der Waals surface area contributed by atoms with Gasteiger partial charge >= 0.3 is 0 Å². The molecule has 0 aliphatic carbocycles. The van der Waals surface area contributed by atoms with Crippen molar-refractivity contribution >= 4 is 33.2 Å². The fourth-order valence-corrected chi connectivity index (χ4v) is 4.02. The van der Waals surface area contributed by atoms with Gasteiger partial charge in [-0.3, -0.25) is 13.9 Å². The van der Waals surface area contributed by atoms with Crippen molar-refractivity contribution in [3.05, 3.63) is 59.9 Å². The molecule has 162 valence electrons. The molecule has 2 rings (SSSR count). The average Bonchev–Trinajstić information content (AvgIpc) is 2.67. The minimum absolute atomic E-state index is 0.0305. The number of carbonyl (C=O) groups is 2. The summed E-state index contributed by atoms with van der Waals surface area (Å²) in [6.45, 7) is 5.19. The number of anilines is 2. The van der Waals surface area contributed by atoms with Gasteiger partial charge in [0.05, 0.1) is 23.2 Å². The lowest BCUT2D eigenvalue weighted by Crippen LogP contribution is -2.45. The van der Waals surface area contributed by atoms with Crippen LogP contribution in [0, 0.1) is 5.82 Å². The van der Waals surface area contributed by atoms with Crippen molar-refractivity contribution in [1.29, 1.82) is 0 Å². The second-order valence-corrected chi connectivity index (χ2v) is 8.89. The standard InChI is InChI=1S/C21H26FN3O4S/c1-5-14(2)23-21(27)18-11-6-7-12-19(18)24-20(26)15(3)25(30(4,28)29)17-10-8-9-16(22)13-17/h6-15H,5H2,1-4H3,(H,23,27)(H,24,26)/t14-,15+/m1/s1. The van der Waals surface area contributed by atoms with E-state index in [2.05, 4.69) is 10.6 Å². The van der Waals surface area contributed by atoms with Crippen molar-refractivity contribution in [3.63, 3.8) is 0 Å². The van der Waals surface area contributed by atoms with E-state index in [4.69, 9.17) is 0 Å². The zero-order valence-electron chi connectivity index (χ0n) is 17.3. The van der Waals surface area contributed by atoms with Gasteiger partial charge in [-0.15, -0.1) is 0 Å². The molecule has 2 amide bonds. The number of carbonyl (C=O) groups excluding carboxylic acids is 2. The first-order chi connectivity index (χ1) is 14.0. The monoisotopic (exact) mass is 435 g/mol. The Morgan fingerprint density at radius 2 is 1.77 bits per heavy atom. The molecule has 2 atom stereocenters. The number of benzene rings is 2. The number of sulfonamides is 1. The summed E-state index contributed by atoms with van der Waals surface area (Å²) in [6.07, 6.45) is 1.68. The van der Waals surface area contributed by atoms with E-state index in [1.807, 2.05) is 13.8 Å². The predicted molar refractivity (Wildman–Crippen MR) is 115 cm³/mol. The van der Waals surface area contributed by atoms with Crippen LogP contribution in [0.4, 0.5) is 15.8 Å². The number of amides is 2. The highest BCUT2D eigenvalue weighted by Crippen LogP contribution is 2.23. The number of nitrogens with one attached hydrogen (secondary N) is 2. The maximum absolute atomic E-state index is 13.6. The maximum Gasteiger partial charge on any atom is 0.253 e. The van der Waals surface area contributed by atoms with Crippen molar-refractivity contribution in [1.82, 2.24) is 5.32 Å². The van der Waals surface area contributed by atoms with Gasteiger partial charge in [0.2, 0.25) is 15.9 Å². The third-order valence-electron chi connectivity index (χ3n) is 4.57. The molecule has 0 saturated carbocycles. The van der Waals surface area contributed by atoms with Gasteiger partial charge in [-0.2, -0.15) is 0 Å². The van der Waals surface area contributed by atoms with Crippen LogP contribution in [-0.4, -0.2) is 38.6 Å². The Morgan fingerprint density at radius 3 is 2.37 bits per heavy atom. The van der Waals surface area contributed by atoms with Crippen molar-refractivity contribution in [3.8, 4) is 0 Å². The fourth-order valence-electron chi connectivity index (χ4n) is 2.85. The molecule has 30 heavy (non-hydrogen) atoms. The Kier molecular flexibility index (Phi) is 7.55. The predicted octanol–water partition coefficient (Wildman–Crippen LogP) is 3.15. The van der Waals surface area contributed by atoms with Crippen molar-refractivity contribution in [2.24, 2.45) is 0 Å². The Labute approximate surface area is 176 Å². The molecule has 0 aliphatic rings. The zero-order chi connectivity index (χ0) is 22.5. The molecule has 0 fully saturated rings. The Balaban J connectivity index is 2.31. The number of hydrogen-bond acceptors (Lipinski definition) is 4. The van der Waals surface area contributed by atoms with Crippen LogP contribution < -0.4 is 14.9 Å². The molecular weight excluding hydrogens is 409 g/mol. The van der Waals surface area contributed by atoms with E-state index in [9.17, 15) is 22.4 Å². The molecular formula is C21H26FN3O4S. The molecule has 2 aromatic carbocycles. The summed E-state index contributed by atoms with van der Waals surface area (Å²) in [6, 6.07) is 10.2. The van der Waals surface area contributed by atoms with Gasteiger partial charge in [0.1, 0.15) is 11.9 Å². The zero-order valence-corrected chi connectivity index (χ0v) is 18.2. The number of hydrogen-bond donors (Lipinski definition) is 2. The van der Waals surface area contributed by atoms with Gasteiger partial charge in [-0.05, 0) is 50.6 Å². The van der Waals surface area contributed by atoms with Crippen LogP contribution in [0.5, 0.6) is 0 Å². The lowest BCUT2D eigenvalue weighted by atomic mass is 10.1. The molecule has 7 nitrogen and oxygen atoms in total. The van der Waals surface area contributed by atoms with E-state index in [1.54, 1.807) is 24.3 Å². The molecule has 0 aromatic heterocycles. The minimum atomic E-state index is -3.89. The van der Waals surface area contributed by atoms with E-state index in [1.165, 1.54) is 25.1 Å². The summed E-state index contributed by atoms with van der Waals surface area (Å²) in [7, 11) is -3.89. The second kappa shape index (κ2) is 9.71. The Hall–Kier alpha value is -2.94. The summed E-state index contributed by atoms with van der Waals surface area (Å²) >= 11 is 0. The van der Waals surface area contributed by atoms with Crippen LogP contribution >= 0.6 is 0 Å². The molecule has 0 saturated heterocycles. The van der Waals surface area contributed by atoms with Crippen LogP contribution in [0.1, 0.15) is 37.6 Å². The molecule has 0 bridgehead atoms. The van der Waals surface area contributed by atoms with E-state index in [0.29, 0.717) is 0 Å². The first kappa shape index (κ1) is 23.3. The largest absolute Gasteiger partial charge is 0.350 e. The van der Waals surface area contributed by atoms with Gasteiger partial charge < -0.3 is 10.6 Å². The molecule has 0 radical (unpaired) electrons. The van der Waals surface area contributed by atoms with Gasteiger partial charge in [-0.25, -0.2) is 12.8 Å². The van der Waals surface area contributed by atoms with Gasteiger partial charge in [0.25, 0.3) is 5.91 Å². The molecule has 9 heteroatoms. The third-order valence-corrected chi connectivity index (χ3v) is 5.81. The van der Waals surface area contributed by atoms with Crippen LogP contribution in [-0.2, 0) is 14.8 Å². The topological polar surface area (TPSA) is 95.6 Å². The highest BCUT2D eigenvalue weighted by molar-refractivity contribution is 7.92. The SMILES string of the molecule is CC[C@@H](C)NC(=O)c1ccccc1NC(=O)[C@H](C)N(c1cccc(F)c1)S(C)(=O)=O. The van der Waals surface area contributed by atoms with Crippen molar-refractivity contribution < 1.29 is 22.4 Å². The first-order valence-electron chi connectivity index (χ1n) is 9.50. The summed E-state index contributed by atoms with van der Waals surface area (Å²) in [5.74, 6) is -1.63. The minimum Gasteiger partial charge on any atom is -0.350 e. The van der Waals surface area contributed by atoms with Gasteiger partial charge in [0.15, 0.2) is 0 Å². The summed E-state index contributed by atoms with van der Waals surface area (Å²) in [5, 5.41) is 5.45. The lowest BCUT2D eigenvalue weighted by Gasteiger charge is -2.28. The van der Waals surface area contributed by atoms with Gasteiger partial charge in [0, 0.05) is 6.04 Å². The Morgan fingerprint density at radius 1 is 1.10 bits per heavy atom. The third kappa shape index (κ3) is 5.79. The number of halogens is 1. The van der Waals surface area contributed by atoms with Gasteiger partial charge in [-0.1, -0.05) is 25.1 Å². The Bertz CT molecular complexity index is 1030.